The molecule has 6 heteroatoms. The van der Waals surface area contributed by atoms with Crippen LogP contribution >= 0.6 is 0 Å². The third-order valence-corrected chi connectivity index (χ3v) is 2.83. The van der Waals surface area contributed by atoms with Crippen molar-refractivity contribution in [2.24, 2.45) is 0 Å². The van der Waals surface area contributed by atoms with Gasteiger partial charge in [0.15, 0.2) is 0 Å². The first-order chi connectivity index (χ1) is 7.02. The molecule has 0 N–H and O–H groups in total. The van der Waals surface area contributed by atoms with Crippen LogP contribution in [0.15, 0.2) is 0 Å². The van der Waals surface area contributed by atoms with Crippen LogP contribution in [0, 0.1) is 0 Å². The van der Waals surface area contributed by atoms with Crippen molar-refractivity contribution in [3.05, 3.63) is 0 Å². The predicted molar refractivity (Wildman–Crippen MR) is 50.2 cm³/mol. The summed E-state index contributed by atoms with van der Waals surface area (Å²) in [5.74, 6) is -1.02. The van der Waals surface area contributed by atoms with E-state index in [0.717, 1.165) is 0 Å². The van der Waals surface area contributed by atoms with Gasteiger partial charge in [-0.3, -0.25) is 0 Å². The van der Waals surface area contributed by atoms with Crippen molar-refractivity contribution in [3.8, 4) is 0 Å². The molecule has 2 amide bonds. The summed E-state index contributed by atoms with van der Waals surface area (Å²) < 4.78 is 10.3. The van der Waals surface area contributed by atoms with Gasteiger partial charge in [0.25, 0.3) is 5.79 Å². The second-order valence-electron chi connectivity index (χ2n) is 3.99. The molecule has 0 bridgehead atoms. The van der Waals surface area contributed by atoms with E-state index in [1.165, 1.54) is 9.80 Å². The van der Waals surface area contributed by atoms with E-state index in [9.17, 15) is 9.59 Å². The second kappa shape index (κ2) is 3.29. The normalized spacial score (nSPS) is 25.2. The molecule has 2 saturated heterocycles. The zero-order valence-electron chi connectivity index (χ0n) is 8.86. The van der Waals surface area contributed by atoms with Crippen molar-refractivity contribution in [2.75, 3.05) is 27.2 Å². The number of ether oxygens (including phenoxy) is 2. The summed E-state index contributed by atoms with van der Waals surface area (Å²) in [5.41, 5.74) is 0. The molecule has 6 nitrogen and oxygen atoms in total. The lowest BCUT2D eigenvalue weighted by molar-refractivity contribution is -0.212. The van der Waals surface area contributed by atoms with Crippen LogP contribution in [0.1, 0.15) is 12.8 Å². The van der Waals surface area contributed by atoms with Crippen molar-refractivity contribution in [2.45, 2.75) is 18.6 Å². The average Bonchev–Trinajstić information content (AvgIpc) is 2.19. The largest absolute Gasteiger partial charge is 0.412 e. The van der Waals surface area contributed by atoms with E-state index in [1.807, 2.05) is 0 Å². The van der Waals surface area contributed by atoms with Gasteiger partial charge in [-0.25, -0.2) is 9.59 Å². The number of carbonyl (C=O) groups is 2. The molecule has 0 aromatic rings. The topological polar surface area (TPSA) is 59.1 Å². The molecule has 2 rings (SSSR count). The SMILES string of the molecule is CN1CCC2(CCN(C)C(=O)O2)OC1=O. The van der Waals surface area contributed by atoms with E-state index >= 15 is 0 Å². The van der Waals surface area contributed by atoms with Crippen LogP contribution in [0.25, 0.3) is 0 Å². The molecular weight excluding hydrogens is 200 g/mol. The summed E-state index contributed by atoms with van der Waals surface area (Å²) >= 11 is 0. The van der Waals surface area contributed by atoms with Gasteiger partial charge in [0.2, 0.25) is 0 Å². The maximum atomic E-state index is 11.4. The van der Waals surface area contributed by atoms with Crippen molar-refractivity contribution in [1.82, 2.24) is 9.80 Å². The van der Waals surface area contributed by atoms with Crippen LogP contribution in [0.3, 0.4) is 0 Å². The van der Waals surface area contributed by atoms with E-state index in [2.05, 4.69) is 0 Å². The van der Waals surface area contributed by atoms with Gasteiger partial charge in [0.1, 0.15) is 0 Å². The summed E-state index contributed by atoms with van der Waals surface area (Å²) in [6.07, 6.45) is 0.209. The fraction of sp³-hybridized carbons (Fsp3) is 0.778. The average molecular weight is 214 g/mol. The number of nitrogens with zero attached hydrogens (tertiary/aromatic N) is 2. The molecule has 2 heterocycles. The molecule has 0 unspecified atom stereocenters. The highest BCUT2D eigenvalue weighted by molar-refractivity contribution is 5.71. The van der Waals surface area contributed by atoms with Gasteiger partial charge in [-0.2, -0.15) is 0 Å². The molecule has 2 aliphatic rings. The summed E-state index contributed by atoms with van der Waals surface area (Å²) in [6, 6.07) is 0. The Balaban J connectivity index is 2.09. The third-order valence-electron chi connectivity index (χ3n) is 2.83. The predicted octanol–water partition coefficient (Wildman–Crippen LogP) is 0.627. The minimum absolute atomic E-state index is 0.432. The summed E-state index contributed by atoms with van der Waals surface area (Å²) in [6.45, 7) is 1.10. The minimum Gasteiger partial charge on any atom is -0.406 e. The standard InChI is InChI=1S/C9H14N2O4/c1-10-5-3-9(14-7(10)12)4-6-11(2)8(13)15-9/h3-6H2,1-2H3. The Morgan fingerprint density at radius 2 is 1.40 bits per heavy atom. The summed E-state index contributed by atoms with van der Waals surface area (Å²) in [7, 11) is 3.32. The summed E-state index contributed by atoms with van der Waals surface area (Å²) in [4.78, 5) is 25.6. The smallest absolute Gasteiger partial charge is 0.406 e. The second-order valence-corrected chi connectivity index (χ2v) is 3.99. The van der Waals surface area contributed by atoms with E-state index < -0.39 is 18.0 Å². The fourth-order valence-electron chi connectivity index (χ4n) is 1.68. The van der Waals surface area contributed by atoms with E-state index in [4.69, 9.17) is 9.47 Å². The van der Waals surface area contributed by atoms with Gasteiger partial charge >= 0.3 is 12.2 Å². The third kappa shape index (κ3) is 1.71. The van der Waals surface area contributed by atoms with E-state index in [0.29, 0.717) is 25.9 Å². The lowest BCUT2D eigenvalue weighted by Crippen LogP contribution is -2.56. The van der Waals surface area contributed by atoms with Gasteiger partial charge in [-0.15, -0.1) is 0 Å². The Labute approximate surface area is 87.7 Å². The molecule has 0 saturated carbocycles. The van der Waals surface area contributed by atoms with Crippen molar-refractivity contribution in [1.29, 1.82) is 0 Å². The number of hydrogen-bond donors (Lipinski definition) is 0. The fourth-order valence-corrected chi connectivity index (χ4v) is 1.68. The Hall–Kier alpha value is -1.46. The first-order valence-corrected chi connectivity index (χ1v) is 4.91. The first-order valence-electron chi connectivity index (χ1n) is 4.91. The Bertz CT molecular complexity index is 274. The van der Waals surface area contributed by atoms with Crippen molar-refractivity contribution < 1.29 is 19.1 Å². The highest BCUT2D eigenvalue weighted by Crippen LogP contribution is 2.31. The zero-order valence-corrected chi connectivity index (χ0v) is 8.86. The molecule has 1 spiro atoms. The molecule has 0 aromatic carbocycles. The van der Waals surface area contributed by atoms with Crippen molar-refractivity contribution >= 4 is 12.2 Å². The lowest BCUT2D eigenvalue weighted by Gasteiger charge is -2.42. The molecular formula is C9H14N2O4. The maximum Gasteiger partial charge on any atom is 0.412 e. The number of rotatable bonds is 0. The maximum absolute atomic E-state index is 11.4. The monoisotopic (exact) mass is 214 g/mol. The molecule has 2 fully saturated rings. The number of amides is 2. The molecule has 0 aromatic heterocycles. The Morgan fingerprint density at radius 3 is 1.73 bits per heavy atom. The highest BCUT2D eigenvalue weighted by Gasteiger charge is 2.46. The van der Waals surface area contributed by atoms with Gasteiger partial charge < -0.3 is 19.3 Å². The van der Waals surface area contributed by atoms with Crippen molar-refractivity contribution in [3.63, 3.8) is 0 Å². The Morgan fingerprint density at radius 1 is 1.00 bits per heavy atom. The molecule has 0 aliphatic carbocycles. The van der Waals surface area contributed by atoms with Crippen LogP contribution in [0.2, 0.25) is 0 Å². The van der Waals surface area contributed by atoms with Crippen LogP contribution < -0.4 is 0 Å². The molecule has 84 valence electrons. The first kappa shape index (κ1) is 10.1. The molecule has 0 atom stereocenters. The van der Waals surface area contributed by atoms with Crippen LogP contribution in [0.5, 0.6) is 0 Å². The molecule has 0 radical (unpaired) electrons. The molecule has 15 heavy (non-hydrogen) atoms. The molecule has 2 aliphatic heterocycles. The van der Waals surface area contributed by atoms with E-state index in [-0.39, 0.29) is 0 Å². The number of hydrogen-bond acceptors (Lipinski definition) is 4. The van der Waals surface area contributed by atoms with Gasteiger partial charge in [-0.05, 0) is 0 Å². The lowest BCUT2D eigenvalue weighted by atomic mass is 10.1. The highest BCUT2D eigenvalue weighted by atomic mass is 16.8. The minimum atomic E-state index is -1.02. The van der Waals surface area contributed by atoms with Crippen LogP contribution in [0.4, 0.5) is 9.59 Å². The van der Waals surface area contributed by atoms with Gasteiger partial charge in [0.05, 0.1) is 0 Å². The number of carbonyl (C=O) groups excluding carboxylic acids is 2. The summed E-state index contributed by atoms with van der Waals surface area (Å²) in [5, 5.41) is 0. The van der Waals surface area contributed by atoms with Gasteiger partial charge in [-0.1, -0.05) is 0 Å². The van der Waals surface area contributed by atoms with Crippen LogP contribution in [-0.4, -0.2) is 55.0 Å². The van der Waals surface area contributed by atoms with Gasteiger partial charge in [0, 0.05) is 40.0 Å². The Kier molecular flexibility index (Phi) is 2.21. The zero-order chi connectivity index (χ0) is 11.1. The quantitative estimate of drug-likeness (QED) is 0.593. The van der Waals surface area contributed by atoms with Crippen LogP contribution in [-0.2, 0) is 9.47 Å². The van der Waals surface area contributed by atoms with E-state index in [1.54, 1.807) is 14.1 Å².